The number of fused-ring (bicyclic) bond motifs is 4. The smallest absolute Gasteiger partial charge is 0.178 e. The number of nitrogens with zero attached hydrogens (tertiary/aromatic N) is 2. The Kier molecular flexibility index (Phi) is 5.82. The third-order valence-electron chi connectivity index (χ3n) is 8.81. The van der Waals surface area contributed by atoms with Crippen molar-refractivity contribution in [2.24, 2.45) is 0 Å². The van der Waals surface area contributed by atoms with Gasteiger partial charge in [-0.3, -0.25) is 0 Å². The molecule has 0 aromatic heterocycles. The van der Waals surface area contributed by atoms with Crippen LogP contribution in [0.15, 0.2) is 115 Å². The van der Waals surface area contributed by atoms with Crippen molar-refractivity contribution in [3.63, 3.8) is 0 Å². The van der Waals surface area contributed by atoms with E-state index in [-0.39, 0.29) is 0 Å². The molecule has 5 aromatic rings. The van der Waals surface area contributed by atoms with Crippen LogP contribution in [-0.4, -0.2) is 32.8 Å². The molecular weight excluding hydrogens is 504 g/mol. The van der Waals surface area contributed by atoms with Gasteiger partial charge in [0.05, 0.1) is 18.9 Å². The van der Waals surface area contributed by atoms with Gasteiger partial charge in [-0.2, -0.15) is 0 Å². The second kappa shape index (κ2) is 9.83. The average molecular weight is 537 g/mol. The number of ether oxygens (including phenoxy) is 2. The second-order valence-corrected chi connectivity index (χ2v) is 11.1. The number of anilines is 3. The van der Waals surface area contributed by atoms with E-state index in [2.05, 4.69) is 131 Å². The minimum Gasteiger partial charge on any atom is -0.473 e. The molecule has 0 aliphatic carbocycles. The highest BCUT2D eigenvalue weighted by Gasteiger charge is 2.38. The molecule has 3 aliphatic heterocycles. The van der Waals surface area contributed by atoms with E-state index in [0.717, 1.165) is 61.7 Å². The second-order valence-electron chi connectivity index (χ2n) is 11.1. The fraction of sp³-hybridized carbons (Fsp3) is 0.189. The molecule has 0 amide bonds. The molecule has 4 nitrogen and oxygen atoms in total. The summed E-state index contributed by atoms with van der Waals surface area (Å²) in [5.74, 6) is 0.909. The Morgan fingerprint density at radius 3 is 2.27 bits per heavy atom. The van der Waals surface area contributed by atoms with Crippen LogP contribution in [0.25, 0.3) is 16.8 Å². The van der Waals surface area contributed by atoms with E-state index < -0.39 is 5.60 Å². The summed E-state index contributed by atoms with van der Waals surface area (Å²) in [6, 6.07) is 39.2. The highest BCUT2D eigenvalue weighted by molar-refractivity contribution is 6.03. The Labute approximate surface area is 241 Å². The summed E-state index contributed by atoms with van der Waals surface area (Å²) < 4.78 is 12.9. The summed E-state index contributed by atoms with van der Waals surface area (Å²) in [5.41, 5.74) is 7.70. The normalized spacial score (nSPS) is 19.6. The van der Waals surface area contributed by atoms with Gasteiger partial charge in [-0.05, 0) is 47.7 Å². The zero-order valence-corrected chi connectivity index (χ0v) is 23.0. The van der Waals surface area contributed by atoms with Crippen molar-refractivity contribution in [2.45, 2.75) is 12.0 Å². The van der Waals surface area contributed by atoms with Gasteiger partial charge < -0.3 is 19.3 Å². The van der Waals surface area contributed by atoms with Crippen molar-refractivity contribution in [1.82, 2.24) is 0 Å². The van der Waals surface area contributed by atoms with E-state index in [4.69, 9.17) is 9.47 Å². The number of hydrogen-bond donors (Lipinski definition) is 0. The monoisotopic (exact) mass is 536 g/mol. The van der Waals surface area contributed by atoms with E-state index in [1.807, 2.05) is 0 Å². The first-order chi connectivity index (χ1) is 20.3. The third-order valence-corrected chi connectivity index (χ3v) is 8.81. The predicted molar refractivity (Wildman–Crippen MR) is 167 cm³/mol. The van der Waals surface area contributed by atoms with Gasteiger partial charge in [0.15, 0.2) is 5.60 Å². The topological polar surface area (TPSA) is 24.9 Å². The van der Waals surface area contributed by atoms with Crippen LogP contribution in [0.1, 0.15) is 22.3 Å². The summed E-state index contributed by atoms with van der Waals surface area (Å²) in [6.45, 7) is 4.27. The van der Waals surface area contributed by atoms with Crippen LogP contribution in [0, 0.1) is 0 Å². The molecule has 0 bridgehead atoms. The van der Waals surface area contributed by atoms with Gasteiger partial charge in [0.2, 0.25) is 0 Å². The molecule has 1 saturated heterocycles. The Hall–Kier alpha value is -4.54. The average Bonchev–Trinajstić information content (AvgIpc) is 3.49. The van der Waals surface area contributed by atoms with E-state index in [9.17, 15) is 0 Å². The first-order valence-corrected chi connectivity index (χ1v) is 14.6. The van der Waals surface area contributed by atoms with Crippen LogP contribution >= 0.6 is 0 Å². The number of hydrogen-bond acceptors (Lipinski definition) is 4. The maximum atomic E-state index is 7.27. The van der Waals surface area contributed by atoms with Crippen LogP contribution in [0.3, 0.4) is 0 Å². The van der Waals surface area contributed by atoms with Crippen LogP contribution in [-0.2, 0) is 16.8 Å². The Balaban J connectivity index is 1.30. The molecule has 1 atom stereocenters. The van der Waals surface area contributed by atoms with Crippen molar-refractivity contribution in [2.75, 3.05) is 42.6 Å². The zero-order chi connectivity index (χ0) is 27.2. The maximum Gasteiger partial charge on any atom is 0.178 e. The van der Waals surface area contributed by atoms with Crippen molar-refractivity contribution in [3.8, 4) is 5.75 Å². The molecule has 3 aliphatic rings. The van der Waals surface area contributed by atoms with Crippen LogP contribution < -0.4 is 14.5 Å². The van der Waals surface area contributed by atoms with E-state index in [1.165, 1.54) is 33.4 Å². The Morgan fingerprint density at radius 2 is 1.39 bits per heavy atom. The number of morpholine rings is 1. The molecule has 0 spiro atoms. The lowest BCUT2D eigenvalue weighted by Gasteiger charge is -2.38. The molecule has 3 heterocycles. The minimum atomic E-state index is -0.751. The van der Waals surface area contributed by atoms with Crippen LogP contribution in [0.2, 0.25) is 0 Å². The zero-order valence-electron chi connectivity index (χ0n) is 23.0. The summed E-state index contributed by atoms with van der Waals surface area (Å²) in [6.07, 6.45) is 5.57. The maximum absolute atomic E-state index is 7.27. The molecule has 8 rings (SSSR count). The van der Waals surface area contributed by atoms with E-state index in [0.29, 0.717) is 0 Å². The van der Waals surface area contributed by atoms with E-state index >= 15 is 0 Å². The van der Waals surface area contributed by atoms with Gasteiger partial charge in [0, 0.05) is 59.2 Å². The van der Waals surface area contributed by atoms with Crippen molar-refractivity contribution < 1.29 is 9.47 Å². The summed E-state index contributed by atoms with van der Waals surface area (Å²) in [5, 5.41) is 2.46. The SMILES string of the molecule is C1=CC(c2ccccc2)(c2cccc(N3CCOCC3)c2)Oc2cc(N3CCc4ccccc43)c3ccccc3c21. The van der Waals surface area contributed by atoms with Crippen LogP contribution in [0.5, 0.6) is 5.75 Å². The molecule has 0 radical (unpaired) electrons. The fourth-order valence-corrected chi connectivity index (χ4v) is 6.75. The van der Waals surface area contributed by atoms with Crippen molar-refractivity contribution in [1.29, 1.82) is 0 Å². The molecule has 5 aromatic carbocycles. The first kappa shape index (κ1) is 24.3. The Morgan fingerprint density at radius 1 is 0.634 bits per heavy atom. The predicted octanol–water partition coefficient (Wildman–Crippen LogP) is 7.72. The standard InChI is InChI=1S/C37H32N2O2/c1-2-10-28(11-3-1)37(29-12-8-13-30(25-29)38-21-23-40-24-22-38)19-17-33-31-14-5-6-15-32(31)35(26-36(33)41-37)39-20-18-27-9-4-7-16-34(27)39/h1-17,19,25-26H,18,20-24H2. The molecule has 202 valence electrons. The largest absolute Gasteiger partial charge is 0.473 e. The summed E-state index contributed by atoms with van der Waals surface area (Å²) in [7, 11) is 0. The minimum absolute atomic E-state index is 0.751. The molecule has 0 N–H and O–H groups in total. The lowest BCUT2D eigenvalue weighted by atomic mass is 9.82. The quantitative estimate of drug-likeness (QED) is 0.235. The molecule has 41 heavy (non-hydrogen) atoms. The third kappa shape index (κ3) is 4.01. The lowest BCUT2D eigenvalue weighted by Crippen LogP contribution is -2.37. The van der Waals surface area contributed by atoms with Gasteiger partial charge in [-0.1, -0.05) is 84.9 Å². The fourth-order valence-electron chi connectivity index (χ4n) is 6.75. The number of para-hydroxylation sites is 1. The molecular formula is C37H32N2O2. The highest BCUT2D eigenvalue weighted by Crippen LogP contribution is 2.48. The molecule has 0 saturated carbocycles. The van der Waals surface area contributed by atoms with E-state index in [1.54, 1.807) is 0 Å². The molecule has 1 fully saturated rings. The number of rotatable bonds is 4. The van der Waals surface area contributed by atoms with Crippen molar-refractivity contribution in [3.05, 3.63) is 138 Å². The first-order valence-electron chi connectivity index (χ1n) is 14.6. The molecule has 4 heteroatoms. The molecule has 1 unspecified atom stereocenters. The van der Waals surface area contributed by atoms with Gasteiger partial charge in [0.25, 0.3) is 0 Å². The van der Waals surface area contributed by atoms with Gasteiger partial charge in [0.1, 0.15) is 5.75 Å². The summed E-state index contributed by atoms with van der Waals surface area (Å²) >= 11 is 0. The Bertz CT molecular complexity index is 1770. The highest BCUT2D eigenvalue weighted by atomic mass is 16.5. The summed E-state index contributed by atoms with van der Waals surface area (Å²) in [4.78, 5) is 4.87. The lowest BCUT2D eigenvalue weighted by molar-refractivity contribution is 0.122. The van der Waals surface area contributed by atoms with Crippen LogP contribution in [0.4, 0.5) is 17.1 Å². The van der Waals surface area contributed by atoms with Gasteiger partial charge in [-0.15, -0.1) is 0 Å². The van der Waals surface area contributed by atoms with Gasteiger partial charge in [-0.25, -0.2) is 0 Å². The number of benzene rings is 5. The van der Waals surface area contributed by atoms with Gasteiger partial charge >= 0.3 is 0 Å². The van der Waals surface area contributed by atoms with Crippen molar-refractivity contribution >= 4 is 33.9 Å².